The lowest BCUT2D eigenvalue weighted by atomic mass is 10.00. The molecule has 2 atom stereocenters. The lowest BCUT2D eigenvalue weighted by molar-refractivity contribution is -0.119. The Hall–Kier alpha value is -2.31. The number of nitrogens with zero attached hydrogens (tertiary/aromatic N) is 2. The fraction of sp³-hybridized carbons (Fsp3) is 0.417. The van der Waals surface area contributed by atoms with E-state index in [2.05, 4.69) is 29.3 Å². The fourth-order valence-corrected chi connectivity index (χ4v) is 5.37. The van der Waals surface area contributed by atoms with Crippen molar-refractivity contribution in [2.75, 3.05) is 30.0 Å². The average molecular weight is 424 g/mol. The van der Waals surface area contributed by atoms with Crippen LogP contribution in [0, 0.1) is 5.92 Å². The standard InChI is InChI=1S/C24H29N3O2S/c1-18-6-5-13-26(14-18)15-19-9-11-21(12-10-19)25-23(28)22-16-30-17-27(22)24(29)20-7-3-2-4-8-20/h2-4,7-12,18,22H,5-6,13-17H2,1H3,(H,25,28)/t18?,22-/m0/s1. The number of carbonyl (C=O) groups is 2. The zero-order chi connectivity index (χ0) is 20.9. The second-order valence-electron chi connectivity index (χ2n) is 8.33. The van der Waals surface area contributed by atoms with Crippen LogP contribution in [-0.4, -0.2) is 52.4 Å². The molecule has 0 spiro atoms. The van der Waals surface area contributed by atoms with Gasteiger partial charge in [-0.15, -0.1) is 11.8 Å². The third-order valence-electron chi connectivity index (χ3n) is 5.84. The van der Waals surface area contributed by atoms with E-state index in [0.717, 1.165) is 31.2 Å². The molecule has 2 saturated heterocycles. The molecule has 0 aliphatic carbocycles. The van der Waals surface area contributed by atoms with E-state index in [1.165, 1.54) is 18.4 Å². The van der Waals surface area contributed by atoms with Crippen LogP contribution in [0.1, 0.15) is 35.7 Å². The van der Waals surface area contributed by atoms with Gasteiger partial charge in [0.05, 0.1) is 5.88 Å². The van der Waals surface area contributed by atoms with Crippen LogP contribution in [0.25, 0.3) is 0 Å². The van der Waals surface area contributed by atoms with Crippen LogP contribution in [0.3, 0.4) is 0 Å². The summed E-state index contributed by atoms with van der Waals surface area (Å²) in [5.41, 5.74) is 2.66. The highest BCUT2D eigenvalue weighted by atomic mass is 32.2. The first kappa shape index (κ1) is 20.9. The van der Waals surface area contributed by atoms with Gasteiger partial charge in [0.2, 0.25) is 5.91 Å². The van der Waals surface area contributed by atoms with Crippen molar-refractivity contribution in [3.05, 3.63) is 65.7 Å². The highest BCUT2D eigenvalue weighted by Gasteiger charge is 2.35. The monoisotopic (exact) mass is 423 g/mol. The summed E-state index contributed by atoms with van der Waals surface area (Å²) >= 11 is 1.61. The maximum absolute atomic E-state index is 12.9. The maximum Gasteiger partial charge on any atom is 0.255 e. The van der Waals surface area contributed by atoms with Crippen molar-refractivity contribution >= 4 is 29.3 Å². The van der Waals surface area contributed by atoms with Crippen molar-refractivity contribution in [2.24, 2.45) is 5.92 Å². The molecule has 0 bridgehead atoms. The lowest BCUT2D eigenvalue weighted by Gasteiger charge is -2.30. The van der Waals surface area contributed by atoms with E-state index >= 15 is 0 Å². The number of piperidine rings is 1. The fourth-order valence-electron chi connectivity index (χ4n) is 4.21. The van der Waals surface area contributed by atoms with Gasteiger partial charge < -0.3 is 10.2 Å². The minimum absolute atomic E-state index is 0.0909. The van der Waals surface area contributed by atoms with Crippen LogP contribution in [0.5, 0.6) is 0 Å². The van der Waals surface area contributed by atoms with Gasteiger partial charge in [0.15, 0.2) is 0 Å². The Bertz CT molecular complexity index is 872. The first-order chi connectivity index (χ1) is 14.6. The summed E-state index contributed by atoms with van der Waals surface area (Å²) in [6.07, 6.45) is 2.59. The average Bonchev–Trinajstić information content (AvgIpc) is 3.25. The molecule has 158 valence electrons. The zero-order valence-electron chi connectivity index (χ0n) is 17.4. The Morgan fingerprint density at radius 2 is 1.87 bits per heavy atom. The first-order valence-electron chi connectivity index (χ1n) is 10.7. The van der Waals surface area contributed by atoms with Gasteiger partial charge in [0.1, 0.15) is 6.04 Å². The molecule has 2 amide bonds. The van der Waals surface area contributed by atoms with Gasteiger partial charge in [0, 0.05) is 30.1 Å². The van der Waals surface area contributed by atoms with E-state index in [4.69, 9.17) is 0 Å². The number of hydrogen-bond donors (Lipinski definition) is 1. The number of likely N-dealkylation sites (tertiary alicyclic amines) is 1. The number of amides is 2. The predicted molar refractivity (Wildman–Crippen MR) is 122 cm³/mol. The number of rotatable bonds is 5. The smallest absolute Gasteiger partial charge is 0.255 e. The number of benzene rings is 2. The third-order valence-corrected chi connectivity index (χ3v) is 6.85. The number of thioether (sulfide) groups is 1. The van der Waals surface area contributed by atoms with Crippen LogP contribution in [0.2, 0.25) is 0 Å². The SMILES string of the molecule is CC1CCCN(Cc2ccc(NC(=O)[C@@H]3CSCN3C(=O)c3ccccc3)cc2)C1. The molecular formula is C24H29N3O2S. The molecule has 2 aromatic rings. The Morgan fingerprint density at radius 3 is 2.60 bits per heavy atom. The predicted octanol–water partition coefficient (Wildman–Crippen LogP) is 4.07. The van der Waals surface area contributed by atoms with Crippen LogP contribution in [0.4, 0.5) is 5.69 Å². The Kier molecular flexibility index (Phi) is 6.75. The molecule has 0 aromatic heterocycles. The van der Waals surface area contributed by atoms with Crippen LogP contribution >= 0.6 is 11.8 Å². The molecule has 1 N–H and O–H groups in total. The van der Waals surface area contributed by atoms with E-state index in [9.17, 15) is 9.59 Å². The second kappa shape index (κ2) is 9.67. The third kappa shape index (κ3) is 5.05. The van der Waals surface area contributed by atoms with Gasteiger partial charge in [-0.2, -0.15) is 0 Å². The van der Waals surface area contributed by atoms with Crippen molar-refractivity contribution < 1.29 is 9.59 Å². The van der Waals surface area contributed by atoms with Crippen molar-refractivity contribution in [3.63, 3.8) is 0 Å². The molecule has 1 unspecified atom stereocenters. The molecule has 2 aromatic carbocycles. The molecule has 2 aliphatic heterocycles. The molecule has 0 radical (unpaired) electrons. The van der Waals surface area contributed by atoms with Gasteiger partial charge in [-0.3, -0.25) is 14.5 Å². The van der Waals surface area contributed by atoms with E-state index in [0.29, 0.717) is 17.2 Å². The number of carbonyl (C=O) groups excluding carboxylic acids is 2. The first-order valence-corrected chi connectivity index (χ1v) is 11.8. The number of hydrogen-bond acceptors (Lipinski definition) is 4. The van der Waals surface area contributed by atoms with Crippen molar-refractivity contribution in [1.82, 2.24) is 9.80 Å². The van der Waals surface area contributed by atoms with Gasteiger partial charge in [-0.25, -0.2) is 0 Å². The van der Waals surface area contributed by atoms with Crippen molar-refractivity contribution in [3.8, 4) is 0 Å². The molecule has 4 rings (SSSR count). The summed E-state index contributed by atoms with van der Waals surface area (Å²) in [6.45, 7) is 5.59. The lowest BCUT2D eigenvalue weighted by Crippen LogP contribution is -2.44. The van der Waals surface area contributed by atoms with E-state index < -0.39 is 6.04 Å². The minimum Gasteiger partial charge on any atom is -0.324 e. The normalized spacial score (nSPS) is 22.1. The van der Waals surface area contributed by atoms with Gasteiger partial charge >= 0.3 is 0 Å². The van der Waals surface area contributed by atoms with Crippen LogP contribution in [-0.2, 0) is 11.3 Å². The zero-order valence-corrected chi connectivity index (χ0v) is 18.2. The Morgan fingerprint density at radius 1 is 1.10 bits per heavy atom. The van der Waals surface area contributed by atoms with Gasteiger partial charge in [0.25, 0.3) is 5.91 Å². The van der Waals surface area contributed by atoms with Gasteiger partial charge in [-0.1, -0.05) is 37.3 Å². The quantitative estimate of drug-likeness (QED) is 0.788. The topological polar surface area (TPSA) is 52.7 Å². The largest absolute Gasteiger partial charge is 0.324 e. The summed E-state index contributed by atoms with van der Waals surface area (Å²) in [5, 5.41) is 3.00. The Labute approximate surface area is 182 Å². The summed E-state index contributed by atoms with van der Waals surface area (Å²) in [4.78, 5) is 29.8. The van der Waals surface area contributed by atoms with Gasteiger partial charge in [-0.05, 0) is 55.1 Å². The molecule has 0 saturated carbocycles. The molecule has 5 nitrogen and oxygen atoms in total. The molecule has 30 heavy (non-hydrogen) atoms. The molecule has 2 heterocycles. The Balaban J connectivity index is 1.35. The maximum atomic E-state index is 12.9. The highest BCUT2D eigenvalue weighted by molar-refractivity contribution is 7.99. The van der Waals surface area contributed by atoms with Crippen LogP contribution in [0.15, 0.2) is 54.6 Å². The number of nitrogens with one attached hydrogen (secondary N) is 1. The van der Waals surface area contributed by atoms with Crippen LogP contribution < -0.4 is 5.32 Å². The second-order valence-corrected chi connectivity index (χ2v) is 9.33. The van der Waals surface area contributed by atoms with E-state index in [1.54, 1.807) is 28.8 Å². The van der Waals surface area contributed by atoms with E-state index in [-0.39, 0.29) is 11.8 Å². The van der Waals surface area contributed by atoms with Crippen molar-refractivity contribution in [1.29, 1.82) is 0 Å². The number of anilines is 1. The summed E-state index contributed by atoms with van der Waals surface area (Å²) < 4.78 is 0. The molecule has 6 heteroatoms. The summed E-state index contributed by atoms with van der Waals surface area (Å²) in [7, 11) is 0. The van der Waals surface area contributed by atoms with Crippen molar-refractivity contribution in [2.45, 2.75) is 32.4 Å². The summed E-state index contributed by atoms with van der Waals surface area (Å²) in [6, 6.07) is 16.8. The molecule has 2 fully saturated rings. The highest BCUT2D eigenvalue weighted by Crippen LogP contribution is 2.25. The molecular weight excluding hydrogens is 394 g/mol. The minimum atomic E-state index is -0.447. The molecule has 2 aliphatic rings. The van der Waals surface area contributed by atoms with E-state index in [1.807, 2.05) is 30.3 Å². The summed E-state index contributed by atoms with van der Waals surface area (Å²) in [5.74, 6) is 1.71.